The van der Waals surface area contributed by atoms with Gasteiger partial charge in [0, 0.05) is 31.7 Å². The maximum Gasteiger partial charge on any atom is 0.0950 e. The van der Waals surface area contributed by atoms with Crippen molar-refractivity contribution in [3.63, 3.8) is 0 Å². The molecule has 3 nitrogen and oxygen atoms in total. The Hall–Kier alpha value is -1.37. The van der Waals surface area contributed by atoms with Crippen LogP contribution in [0.1, 0.15) is 26.3 Å². The largest absolute Gasteiger partial charge is 0.291 e. The molecule has 0 spiro atoms. The number of nitrogens with zero attached hydrogens (tertiary/aromatic N) is 3. The van der Waals surface area contributed by atoms with Gasteiger partial charge in [0.1, 0.15) is 0 Å². The minimum atomic E-state index is 0.0122. The van der Waals surface area contributed by atoms with Crippen molar-refractivity contribution in [2.75, 3.05) is 19.6 Å². The lowest BCUT2D eigenvalue weighted by molar-refractivity contribution is 0.00643. The number of hydrogen-bond donors (Lipinski definition) is 0. The molecule has 0 bridgehead atoms. The Morgan fingerprint density at radius 2 is 1.95 bits per heavy atom. The molecule has 3 heteroatoms. The normalized spacial score (nSPS) is 21.8. The van der Waals surface area contributed by atoms with Crippen LogP contribution < -0.4 is 0 Å². The molecule has 0 N–H and O–H groups in total. The van der Waals surface area contributed by atoms with Crippen LogP contribution in [0.4, 0.5) is 0 Å². The van der Waals surface area contributed by atoms with Gasteiger partial charge < -0.3 is 0 Å². The molecule has 1 unspecified atom stereocenters. The molecule has 2 rings (SSSR count). The Morgan fingerprint density at radius 1 is 1.26 bits per heavy atom. The predicted molar refractivity (Wildman–Crippen MR) is 77.6 cm³/mol. The number of nitriles is 1. The molecule has 0 aliphatic carbocycles. The first-order valence-corrected chi connectivity index (χ1v) is 6.95. The van der Waals surface area contributed by atoms with Crippen LogP contribution in [0.25, 0.3) is 0 Å². The Bertz CT molecular complexity index is 447. The Labute approximate surface area is 116 Å². The molecule has 1 atom stereocenters. The first kappa shape index (κ1) is 14.0. The van der Waals surface area contributed by atoms with Crippen LogP contribution in [-0.4, -0.2) is 41.0 Å². The van der Waals surface area contributed by atoms with Gasteiger partial charge in [-0.1, -0.05) is 30.3 Å². The molecule has 1 saturated heterocycles. The zero-order valence-electron chi connectivity index (χ0n) is 12.1. The maximum absolute atomic E-state index is 9.05. The van der Waals surface area contributed by atoms with E-state index in [1.807, 2.05) is 6.92 Å². The van der Waals surface area contributed by atoms with Crippen molar-refractivity contribution in [1.82, 2.24) is 9.80 Å². The lowest BCUT2D eigenvalue weighted by Gasteiger charge is -2.48. The van der Waals surface area contributed by atoms with Gasteiger partial charge in [-0.05, 0) is 26.3 Å². The average molecular weight is 257 g/mol. The van der Waals surface area contributed by atoms with Crippen LogP contribution in [0.2, 0.25) is 0 Å². The van der Waals surface area contributed by atoms with Gasteiger partial charge in [0.2, 0.25) is 0 Å². The second-order valence-electron chi connectivity index (χ2n) is 6.00. The highest BCUT2D eigenvalue weighted by Gasteiger charge is 2.35. The van der Waals surface area contributed by atoms with Crippen LogP contribution in [0.15, 0.2) is 30.3 Å². The summed E-state index contributed by atoms with van der Waals surface area (Å²) < 4.78 is 0. The highest BCUT2D eigenvalue weighted by atomic mass is 15.3. The molecular weight excluding hydrogens is 234 g/mol. The van der Waals surface area contributed by atoms with E-state index in [0.717, 1.165) is 26.2 Å². The molecule has 1 fully saturated rings. The minimum Gasteiger partial charge on any atom is -0.291 e. The van der Waals surface area contributed by atoms with Gasteiger partial charge in [-0.25, -0.2) is 0 Å². The van der Waals surface area contributed by atoms with Gasteiger partial charge in [0.15, 0.2) is 0 Å². The number of hydrogen-bond acceptors (Lipinski definition) is 3. The highest BCUT2D eigenvalue weighted by molar-refractivity contribution is 5.15. The van der Waals surface area contributed by atoms with E-state index in [0.29, 0.717) is 0 Å². The molecule has 1 aromatic rings. The Balaban J connectivity index is 2.03. The third kappa shape index (κ3) is 3.34. The van der Waals surface area contributed by atoms with Gasteiger partial charge in [0.25, 0.3) is 0 Å². The summed E-state index contributed by atoms with van der Waals surface area (Å²) in [6.45, 7) is 10.5. The van der Waals surface area contributed by atoms with Crippen molar-refractivity contribution in [3.8, 4) is 6.07 Å². The molecule has 1 aromatic carbocycles. The third-order valence-corrected chi connectivity index (χ3v) is 4.05. The van der Waals surface area contributed by atoms with Crippen LogP contribution in [0.5, 0.6) is 0 Å². The summed E-state index contributed by atoms with van der Waals surface area (Å²) in [5, 5.41) is 9.05. The fraction of sp³-hybridized carbons (Fsp3) is 0.562. The fourth-order valence-corrected chi connectivity index (χ4v) is 2.74. The van der Waals surface area contributed by atoms with Crippen molar-refractivity contribution >= 4 is 0 Å². The Morgan fingerprint density at radius 3 is 2.53 bits per heavy atom. The topological polar surface area (TPSA) is 30.3 Å². The van der Waals surface area contributed by atoms with Crippen molar-refractivity contribution in [3.05, 3.63) is 35.9 Å². The van der Waals surface area contributed by atoms with Crippen molar-refractivity contribution < 1.29 is 0 Å². The summed E-state index contributed by atoms with van der Waals surface area (Å²) in [7, 11) is 0. The van der Waals surface area contributed by atoms with Gasteiger partial charge in [-0.15, -0.1) is 0 Å². The predicted octanol–water partition coefficient (Wildman–Crippen LogP) is 2.49. The van der Waals surface area contributed by atoms with E-state index in [2.05, 4.69) is 60.0 Å². The summed E-state index contributed by atoms with van der Waals surface area (Å²) in [6.07, 6.45) is 0. The molecular formula is C16H23N3. The average Bonchev–Trinajstić information content (AvgIpc) is 2.41. The number of rotatable bonds is 3. The van der Waals surface area contributed by atoms with E-state index in [9.17, 15) is 0 Å². The fourth-order valence-electron chi connectivity index (χ4n) is 2.74. The molecule has 0 radical (unpaired) electrons. The van der Waals surface area contributed by atoms with Gasteiger partial charge in [-0.3, -0.25) is 9.80 Å². The van der Waals surface area contributed by atoms with Crippen molar-refractivity contribution in [2.24, 2.45) is 0 Å². The molecule has 0 saturated carbocycles. The zero-order valence-corrected chi connectivity index (χ0v) is 12.1. The van der Waals surface area contributed by atoms with E-state index >= 15 is 0 Å². The van der Waals surface area contributed by atoms with Crippen molar-refractivity contribution in [1.29, 1.82) is 5.26 Å². The number of benzene rings is 1. The molecule has 1 aliphatic rings. The van der Waals surface area contributed by atoms with Crippen LogP contribution in [0.3, 0.4) is 0 Å². The smallest absolute Gasteiger partial charge is 0.0950 e. The molecule has 19 heavy (non-hydrogen) atoms. The first-order chi connectivity index (χ1) is 9.03. The van der Waals surface area contributed by atoms with Crippen LogP contribution >= 0.6 is 0 Å². The first-order valence-electron chi connectivity index (χ1n) is 6.95. The molecule has 1 heterocycles. The Kier molecular flexibility index (Phi) is 4.24. The van der Waals surface area contributed by atoms with E-state index in [-0.39, 0.29) is 11.6 Å². The summed E-state index contributed by atoms with van der Waals surface area (Å²) >= 11 is 0. The second kappa shape index (κ2) is 5.73. The summed E-state index contributed by atoms with van der Waals surface area (Å²) in [4.78, 5) is 4.80. The van der Waals surface area contributed by atoms with Gasteiger partial charge in [0.05, 0.1) is 12.1 Å². The monoisotopic (exact) mass is 257 g/mol. The molecule has 1 aliphatic heterocycles. The van der Waals surface area contributed by atoms with Crippen LogP contribution in [0, 0.1) is 11.3 Å². The van der Waals surface area contributed by atoms with Gasteiger partial charge in [-0.2, -0.15) is 5.26 Å². The molecule has 0 amide bonds. The number of piperazine rings is 1. The van der Waals surface area contributed by atoms with E-state index in [4.69, 9.17) is 5.26 Å². The summed E-state index contributed by atoms with van der Waals surface area (Å²) in [6, 6.07) is 13.0. The van der Waals surface area contributed by atoms with E-state index < -0.39 is 0 Å². The standard InChI is InChI=1S/C16H23N3/c1-14(11-17)18-9-10-19(16(2,3)13-18)12-15-7-5-4-6-8-15/h4-8,14H,9-10,12-13H2,1-3H3. The zero-order chi connectivity index (χ0) is 13.9. The minimum absolute atomic E-state index is 0.0122. The van der Waals surface area contributed by atoms with Crippen molar-refractivity contribution in [2.45, 2.75) is 38.9 Å². The summed E-state index contributed by atoms with van der Waals surface area (Å²) in [5.74, 6) is 0. The molecule has 102 valence electrons. The summed E-state index contributed by atoms with van der Waals surface area (Å²) in [5.41, 5.74) is 1.47. The van der Waals surface area contributed by atoms with Gasteiger partial charge >= 0.3 is 0 Å². The highest BCUT2D eigenvalue weighted by Crippen LogP contribution is 2.24. The lowest BCUT2D eigenvalue weighted by atomic mass is 9.97. The third-order valence-electron chi connectivity index (χ3n) is 4.05. The van der Waals surface area contributed by atoms with Crippen LogP contribution in [-0.2, 0) is 6.54 Å². The van der Waals surface area contributed by atoms with E-state index in [1.54, 1.807) is 0 Å². The van der Waals surface area contributed by atoms with E-state index in [1.165, 1.54) is 5.56 Å². The SMILES string of the molecule is CC(C#N)N1CCN(Cc2ccccc2)C(C)(C)C1. The lowest BCUT2D eigenvalue weighted by Crippen LogP contribution is -2.60. The second-order valence-corrected chi connectivity index (χ2v) is 6.00. The quantitative estimate of drug-likeness (QED) is 0.833. The molecule has 0 aromatic heterocycles. The maximum atomic E-state index is 9.05.